The van der Waals surface area contributed by atoms with Crippen LogP contribution in [0.3, 0.4) is 0 Å². The monoisotopic (exact) mass is 728 g/mol. The van der Waals surface area contributed by atoms with Crippen LogP contribution in [0, 0.1) is 0 Å². The molecule has 12 rings (SSSR count). The van der Waals surface area contributed by atoms with Crippen molar-refractivity contribution in [2.45, 2.75) is 0 Å². The first-order valence-electron chi connectivity index (χ1n) is 19.2. The molecule has 5 nitrogen and oxygen atoms in total. The molecule has 0 amide bonds. The molecular formula is C52H32N4O. The third kappa shape index (κ3) is 4.89. The largest absolute Gasteiger partial charge is 0.455 e. The Balaban J connectivity index is 1.03. The van der Waals surface area contributed by atoms with Gasteiger partial charge in [0, 0.05) is 49.8 Å². The van der Waals surface area contributed by atoms with Crippen molar-refractivity contribution in [2.75, 3.05) is 0 Å². The van der Waals surface area contributed by atoms with Crippen molar-refractivity contribution in [2.24, 2.45) is 0 Å². The number of furan rings is 1. The Bertz CT molecular complexity index is 3460. The lowest BCUT2D eigenvalue weighted by Gasteiger charge is -2.12. The lowest BCUT2D eigenvalue weighted by Crippen LogP contribution is -2.02. The Hall–Kier alpha value is -7.76. The van der Waals surface area contributed by atoms with Gasteiger partial charge in [0.25, 0.3) is 0 Å². The van der Waals surface area contributed by atoms with Crippen LogP contribution in [-0.2, 0) is 0 Å². The highest BCUT2D eigenvalue weighted by atomic mass is 16.3. The number of rotatable bonds is 5. The normalized spacial score (nSPS) is 11.9. The van der Waals surface area contributed by atoms with Crippen LogP contribution >= 0.6 is 0 Å². The molecule has 0 bridgehead atoms. The maximum absolute atomic E-state index is 6.56. The summed E-state index contributed by atoms with van der Waals surface area (Å²) < 4.78 is 11.2. The van der Waals surface area contributed by atoms with Crippen LogP contribution in [0.1, 0.15) is 0 Å². The molecule has 5 heteroatoms. The molecular weight excluding hydrogens is 697 g/mol. The first kappa shape index (κ1) is 31.6. The van der Waals surface area contributed by atoms with Gasteiger partial charge in [-0.25, -0.2) is 9.97 Å². The van der Waals surface area contributed by atoms with Crippen LogP contribution in [0.15, 0.2) is 199 Å². The molecule has 0 aliphatic rings. The fraction of sp³-hybridized carbons (Fsp3) is 0. The summed E-state index contributed by atoms with van der Waals surface area (Å²) in [4.78, 5) is 10.3. The zero-order valence-corrected chi connectivity index (χ0v) is 30.7. The van der Waals surface area contributed by atoms with Crippen LogP contribution < -0.4 is 0 Å². The standard InChI is InChI=1S/C52H32N4O/c1-3-14-33(15-4-1)43-32-49(54-52(53-43)34-16-5-2-6-17-34)56-44-23-10-7-20-38(44)42-31-36(26-28-46(42)56)35-18-13-19-37(30-35)55-45-24-11-8-22-41(45)50-47(55)29-27-40-39-21-9-12-25-48(39)57-51(40)50/h1-32H. The Morgan fingerprint density at radius 1 is 0.368 bits per heavy atom. The number of fused-ring (bicyclic) bond motifs is 10. The third-order valence-corrected chi connectivity index (χ3v) is 11.3. The van der Waals surface area contributed by atoms with Gasteiger partial charge in [0.15, 0.2) is 5.82 Å². The zero-order valence-electron chi connectivity index (χ0n) is 30.7. The SMILES string of the molecule is c1ccc(-c2cc(-n3c4ccccc4c4cc(-c5cccc(-n6c7ccccc7c7c8oc9ccccc9c8ccc76)c5)ccc43)nc(-c3ccccc3)n2)cc1. The molecule has 4 heterocycles. The quantitative estimate of drug-likeness (QED) is 0.177. The van der Waals surface area contributed by atoms with E-state index in [0.717, 1.165) is 88.8 Å². The van der Waals surface area contributed by atoms with E-state index < -0.39 is 0 Å². The molecule has 0 fully saturated rings. The van der Waals surface area contributed by atoms with Gasteiger partial charge in [-0.05, 0) is 65.7 Å². The number of para-hydroxylation sites is 3. The number of benzene rings is 8. The number of hydrogen-bond donors (Lipinski definition) is 0. The Labute approximate surface area is 327 Å². The molecule has 0 atom stereocenters. The summed E-state index contributed by atoms with van der Waals surface area (Å²) >= 11 is 0. The van der Waals surface area contributed by atoms with Crippen molar-refractivity contribution in [3.05, 3.63) is 194 Å². The van der Waals surface area contributed by atoms with Gasteiger partial charge < -0.3 is 8.98 Å². The predicted molar refractivity (Wildman–Crippen MR) is 234 cm³/mol. The molecule has 12 aromatic rings. The zero-order chi connectivity index (χ0) is 37.5. The molecule has 266 valence electrons. The lowest BCUT2D eigenvalue weighted by atomic mass is 10.0. The summed E-state index contributed by atoms with van der Waals surface area (Å²) in [5, 5.41) is 6.92. The smallest absolute Gasteiger partial charge is 0.162 e. The predicted octanol–water partition coefficient (Wildman–Crippen LogP) is 13.6. The Kier molecular flexibility index (Phi) is 6.86. The summed E-state index contributed by atoms with van der Waals surface area (Å²) in [5.74, 6) is 1.52. The summed E-state index contributed by atoms with van der Waals surface area (Å²) in [6, 6.07) is 68.3. The van der Waals surface area contributed by atoms with Crippen LogP contribution in [-0.4, -0.2) is 19.1 Å². The maximum Gasteiger partial charge on any atom is 0.162 e. The van der Waals surface area contributed by atoms with E-state index in [1.165, 1.54) is 16.2 Å². The third-order valence-electron chi connectivity index (χ3n) is 11.3. The fourth-order valence-electron chi connectivity index (χ4n) is 8.76. The van der Waals surface area contributed by atoms with Gasteiger partial charge in [-0.2, -0.15) is 0 Å². The molecule has 4 aromatic heterocycles. The number of nitrogens with zero attached hydrogens (tertiary/aromatic N) is 4. The van der Waals surface area contributed by atoms with E-state index in [4.69, 9.17) is 14.4 Å². The van der Waals surface area contributed by atoms with Gasteiger partial charge >= 0.3 is 0 Å². The van der Waals surface area contributed by atoms with Gasteiger partial charge in [0.1, 0.15) is 17.0 Å². The average Bonchev–Trinajstić information content (AvgIpc) is 3.94. The van der Waals surface area contributed by atoms with Crippen molar-refractivity contribution >= 4 is 65.6 Å². The van der Waals surface area contributed by atoms with Crippen molar-refractivity contribution in [3.63, 3.8) is 0 Å². The van der Waals surface area contributed by atoms with Crippen molar-refractivity contribution in [1.82, 2.24) is 19.1 Å². The van der Waals surface area contributed by atoms with E-state index in [-0.39, 0.29) is 0 Å². The van der Waals surface area contributed by atoms with Crippen molar-refractivity contribution < 1.29 is 4.42 Å². The number of hydrogen-bond acceptors (Lipinski definition) is 3. The highest BCUT2D eigenvalue weighted by Gasteiger charge is 2.20. The van der Waals surface area contributed by atoms with Gasteiger partial charge in [-0.1, -0.05) is 133 Å². The Morgan fingerprint density at radius 3 is 1.82 bits per heavy atom. The van der Waals surface area contributed by atoms with Gasteiger partial charge in [0.05, 0.1) is 33.1 Å². The van der Waals surface area contributed by atoms with Crippen molar-refractivity contribution in [3.8, 4) is 45.3 Å². The molecule has 0 unspecified atom stereocenters. The summed E-state index contributed by atoms with van der Waals surface area (Å²) in [5.41, 5.74) is 12.6. The second-order valence-electron chi connectivity index (χ2n) is 14.6. The van der Waals surface area contributed by atoms with Crippen LogP contribution in [0.2, 0.25) is 0 Å². The summed E-state index contributed by atoms with van der Waals surface area (Å²) in [7, 11) is 0. The second kappa shape index (κ2) is 12.4. The summed E-state index contributed by atoms with van der Waals surface area (Å²) in [6.07, 6.45) is 0. The molecule has 0 N–H and O–H groups in total. The topological polar surface area (TPSA) is 48.8 Å². The molecule has 0 spiro atoms. The van der Waals surface area contributed by atoms with E-state index in [1.807, 2.05) is 30.3 Å². The minimum Gasteiger partial charge on any atom is -0.455 e. The molecule has 8 aromatic carbocycles. The average molecular weight is 729 g/mol. The molecule has 57 heavy (non-hydrogen) atoms. The van der Waals surface area contributed by atoms with Crippen LogP contribution in [0.25, 0.3) is 111 Å². The molecule has 0 radical (unpaired) electrons. The Morgan fingerprint density at radius 2 is 1.00 bits per heavy atom. The van der Waals surface area contributed by atoms with Crippen molar-refractivity contribution in [1.29, 1.82) is 0 Å². The minimum atomic E-state index is 0.692. The highest BCUT2D eigenvalue weighted by molar-refractivity contribution is 6.24. The molecule has 0 saturated heterocycles. The summed E-state index contributed by atoms with van der Waals surface area (Å²) in [6.45, 7) is 0. The van der Waals surface area contributed by atoms with E-state index in [2.05, 4.69) is 173 Å². The van der Waals surface area contributed by atoms with Gasteiger partial charge in [-0.3, -0.25) is 4.57 Å². The maximum atomic E-state index is 6.56. The number of aromatic nitrogens is 4. The lowest BCUT2D eigenvalue weighted by molar-refractivity contribution is 0.673. The van der Waals surface area contributed by atoms with Gasteiger partial charge in [0.2, 0.25) is 0 Å². The molecule has 0 aliphatic carbocycles. The second-order valence-corrected chi connectivity index (χ2v) is 14.6. The van der Waals surface area contributed by atoms with E-state index in [1.54, 1.807) is 0 Å². The minimum absolute atomic E-state index is 0.692. The van der Waals surface area contributed by atoms with E-state index in [0.29, 0.717) is 5.82 Å². The van der Waals surface area contributed by atoms with Crippen LogP contribution in [0.5, 0.6) is 0 Å². The first-order valence-corrected chi connectivity index (χ1v) is 19.2. The van der Waals surface area contributed by atoms with Crippen LogP contribution in [0.4, 0.5) is 0 Å². The van der Waals surface area contributed by atoms with Gasteiger partial charge in [-0.15, -0.1) is 0 Å². The molecule has 0 aliphatic heterocycles. The highest BCUT2D eigenvalue weighted by Crippen LogP contribution is 2.41. The first-order chi connectivity index (χ1) is 28.3. The fourth-order valence-corrected chi connectivity index (χ4v) is 8.76. The van der Waals surface area contributed by atoms with E-state index in [9.17, 15) is 0 Å². The molecule has 0 saturated carbocycles. The van der Waals surface area contributed by atoms with E-state index >= 15 is 0 Å².